The van der Waals surface area contributed by atoms with Crippen LogP contribution in [0.15, 0.2) is 51.7 Å². The van der Waals surface area contributed by atoms with E-state index < -0.39 is 5.63 Å². The molecule has 146 valence electrons. The smallest absolute Gasteiger partial charge is 0.336 e. The molecule has 0 bridgehead atoms. The molecule has 1 fully saturated rings. The molecule has 0 unspecified atom stereocenters. The van der Waals surface area contributed by atoms with Gasteiger partial charge in [0, 0.05) is 29.2 Å². The summed E-state index contributed by atoms with van der Waals surface area (Å²) >= 11 is 0. The predicted molar refractivity (Wildman–Crippen MR) is 108 cm³/mol. The van der Waals surface area contributed by atoms with E-state index in [4.69, 9.17) is 9.15 Å². The molecule has 1 aliphatic rings. The van der Waals surface area contributed by atoms with Crippen molar-refractivity contribution in [3.8, 4) is 5.75 Å². The zero-order chi connectivity index (χ0) is 19.5. The number of phenols is 1. The number of phenolic OH excluding ortho intramolecular Hbond substituents is 1. The molecule has 3 N–H and O–H groups in total. The van der Waals surface area contributed by atoms with Crippen molar-refractivity contribution in [3.63, 3.8) is 0 Å². The third kappa shape index (κ3) is 4.03. The molecule has 2 aromatic carbocycles. The molecular formula is C22H25N2O4+. The van der Waals surface area contributed by atoms with Crippen molar-refractivity contribution in [1.82, 2.24) is 0 Å². The summed E-state index contributed by atoms with van der Waals surface area (Å²) in [6.07, 6.45) is 0. The Labute approximate surface area is 163 Å². The lowest BCUT2D eigenvalue weighted by Crippen LogP contribution is -3.12. The van der Waals surface area contributed by atoms with Gasteiger partial charge < -0.3 is 24.5 Å². The molecule has 1 aliphatic heterocycles. The van der Waals surface area contributed by atoms with Crippen LogP contribution in [0.4, 0.5) is 5.69 Å². The van der Waals surface area contributed by atoms with E-state index in [9.17, 15) is 9.90 Å². The summed E-state index contributed by atoms with van der Waals surface area (Å²) in [6.45, 7) is 6.98. The van der Waals surface area contributed by atoms with E-state index in [0.29, 0.717) is 17.7 Å². The highest BCUT2D eigenvalue weighted by Crippen LogP contribution is 2.28. The zero-order valence-corrected chi connectivity index (χ0v) is 16.0. The van der Waals surface area contributed by atoms with Crippen molar-refractivity contribution in [2.24, 2.45) is 0 Å². The SMILES string of the molecule is Cc1cc(=O)oc2c(CNc3ccc(C[NH+]4CCOCC4)cc3)c(O)ccc12. The summed E-state index contributed by atoms with van der Waals surface area (Å²) in [5.74, 6) is 0.112. The maximum Gasteiger partial charge on any atom is 0.336 e. The molecule has 1 aromatic heterocycles. The Bertz CT molecular complexity index is 1020. The number of hydrogen-bond donors (Lipinski definition) is 3. The first-order valence-electron chi connectivity index (χ1n) is 9.59. The van der Waals surface area contributed by atoms with E-state index in [1.54, 1.807) is 12.1 Å². The molecular weight excluding hydrogens is 356 g/mol. The van der Waals surface area contributed by atoms with E-state index in [-0.39, 0.29) is 5.75 Å². The van der Waals surface area contributed by atoms with Gasteiger partial charge in [0.05, 0.1) is 18.8 Å². The van der Waals surface area contributed by atoms with Crippen LogP contribution in [0.1, 0.15) is 16.7 Å². The van der Waals surface area contributed by atoms with Gasteiger partial charge in [0.15, 0.2) is 0 Å². The largest absolute Gasteiger partial charge is 0.507 e. The fourth-order valence-corrected chi connectivity index (χ4v) is 3.66. The fraction of sp³-hybridized carbons (Fsp3) is 0.318. The van der Waals surface area contributed by atoms with Crippen LogP contribution in [-0.2, 0) is 17.8 Å². The summed E-state index contributed by atoms with van der Waals surface area (Å²) in [5.41, 5.74) is 3.68. The van der Waals surface area contributed by atoms with Crippen LogP contribution in [0.3, 0.4) is 0 Å². The van der Waals surface area contributed by atoms with E-state index in [1.807, 2.05) is 19.1 Å². The molecule has 6 heteroatoms. The number of rotatable bonds is 5. The van der Waals surface area contributed by atoms with Gasteiger partial charge in [0.1, 0.15) is 31.0 Å². The highest BCUT2D eigenvalue weighted by Gasteiger charge is 2.14. The van der Waals surface area contributed by atoms with Crippen molar-refractivity contribution in [1.29, 1.82) is 0 Å². The van der Waals surface area contributed by atoms with E-state index in [0.717, 1.165) is 49.5 Å². The molecule has 0 aliphatic carbocycles. The van der Waals surface area contributed by atoms with Gasteiger partial charge in [-0.3, -0.25) is 0 Å². The third-order valence-electron chi connectivity index (χ3n) is 5.27. The van der Waals surface area contributed by atoms with E-state index in [2.05, 4.69) is 17.4 Å². The minimum absolute atomic E-state index is 0.112. The number of ether oxygens (including phenoxy) is 1. The summed E-state index contributed by atoms with van der Waals surface area (Å²) in [4.78, 5) is 13.3. The first-order valence-corrected chi connectivity index (χ1v) is 9.59. The standard InChI is InChI=1S/C22H24N2O4/c1-15-12-21(26)28-22-18(15)6-7-20(25)19(22)13-23-17-4-2-16(3-5-17)14-24-8-10-27-11-9-24/h2-7,12,23,25H,8-11,13-14H2,1H3/p+1. The Morgan fingerprint density at radius 1 is 1.11 bits per heavy atom. The van der Waals surface area contributed by atoms with Crippen LogP contribution in [0.5, 0.6) is 5.75 Å². The van der Waals surface area contributed by atoms with E-state index in [1.165, 1.54) is 16.5 Å². The number of hydrogen-bond acceptors (Lipinski definition) is 5. The summed E-state index contributed by atoms with van der Waals surface area (Å²) < 4.78 is 10.8. The van der Waals surface area contributed by atoms with Crippen LogP contribution in [-0.4, -0.2) is 31.4 Å². The zero-order valence-electron chi connectivity index (χ0n) is 16.0. The van der Waals surface area contributed by atoms with Crippen LogP contribution in [0.2, 0.25) is 0 Å². The van der Waals surface area contributed by atoms with Gasteiger partial charge in [-0.25, -0.2) is 4.79 Å². The first-order chi connectivity index (χ1) is 13.6. The van der Waals surface area contributed by atoms with E-state index >= 15 is 0 Å². The molecule has 2 heterocycles. The van der Waals surface area contributed by atoms with Crippen molar-refractivity contribution < 1.29 is 19.2 Å². The van der Waals surface area contributed by atoms with Gasteiger partial charge in [-0.15, -0.1) is 0 Å². The number of aryl methyl sites for hydroxylation is 1. The van der Waals surface area contributed by atoms with Crippen molar-refractivity contribution in [2.75, 3.05) is 31.6 Å². The predicted octanol–water partition coefficient (Wildman–Crippen LogP) is 1.83. The number of fused-ring (bicyclic) bond motifs is 1. The topological polar surface area (TPSA) is 76.1 Å². The van der Waals surface area contributed by atoms with Gasteiger partial charge in [-0.1, -0.05) is 12.1 Å². The second-order valence-electron chi connectivity index (χ2n) is 7.28. The normalized spacial score (nSPS) is 15.0. The fourth-order valence-electron chi connectivity index (χ4n) is 3.66. The molecule has 1 saturated heterocycles. The Morgan fingerprint density at radius 2 is 1.86 bits per heavy atom. The third-order valence-corrected chi connectivity index (χ3v) is 5.27. The number of nitrogens with one attached hydrogen (secondary N) is 2. The summed E-state index contributed by atoms with van der Waals surface area (Å²) in [6, 6.07) is 13.2. The Morgan fingerprint density at radius 3 is 2.61 bits per heavy atom. The highest BCUT2D eigenvalue weighted by atomic mass is 16.5. The minimum Gasteiger partial charge on any atom is -0.507 e. The molecule has 0 spiro atoms. The van der Waals surface area contributed by atoms with Crippen LogP contribution in [0, 0.1) is 6.92 Å². The number of quaternary nitrogens is 1. The number of benzene rings is 2. The summed E-state index contributed by atoms with van der Waals surface area (Å²) in [5, 5.41) is 14.4. The van der Waals surface area contributed by atoms with Gasteiger partial charge in [-0.2, -0.15) is 0 Å². The number of aromatic hydroxyl groups is 1. The Balaban J connectivity index is 1.48. The van der Waals surface area contributed by atoms with Gasteiger partial charge in [0.25, 0.3) is 0 Å². The lowest BCUT2D eigenvalue weighted by molar-refractivity contribution is -0.921. The average molecular weight is 381 g/mol. The maximum atomic E-state index is 11.8. The summed E-state index contributed by atoms with van der Waals surface area (Å²) in [7, 11) is 0. The second-order valence-corrected chi connectivity index (χ2v) is 7.28. The Hall–Kier alpha value is -2.83. The lowest BCUT2D eigenvalue weighted by atomic mass is 10.1. The van der Waals surface area contributed by atoms with Crippen molar-refractivity contribution in [3.05, 3.63) is 69.6 Å². The molecule has 6 nitrogen and oxygen atoms in total. The minimum atomic E-state index is -0.410. The molecule has 3 aromatic rings. The molecule has 4 rings (SSSR count). The van der Waals surface area contributed by atoms with Gasteiger partial charge in [-0.05, 0) is 36.8 Å². The lowest BCUT2D eigenvalue weighted by Gasteiger charge is -2.23. The molecule has 0 saturated carbocycles. The number of morpholine rings is 1. The average Bonchev–Trinajstić information content (AvgIpc) is 2.69. The Kier molecular flexibility index (Phi) is 5.32. The maximum absolute atomic E-state index is 11.8. The highest BCUT2D eigenvalue weighted by molar-refractivity contribution is 5.85. The molecule has 0 amide bonds. The first kappa shape index (κ1) is 18.5. The van der Waals surface area contributed by atoms with Crippen LogP contribution < -0.4 is 15.8 Å². The molecule has 0 radical (unpaired) electrons. The van der Waals surface area contributed by atoms with Crippen LogP contribution in [0.25, 0.3) is 11.0 Å². The van der Waals surface area contributed by atoms with Crippen LogP contribution >= 0.6 is 0 Å². The number of anilines is 1. The second kappa shape index (κ2) is 8.04. The van der Waals surface area contributed by atoms with Gasteiger partial charge in [0.2, 0.25) is 0 Å². The molecule has 0 atom stereocenters. The quantitative estimate of drug-likeness (QED) is 0.588. The van der Waals surface area contributed by atoms with Gasteiger partial charge >= 0.3 is 5.63 Å². The van der Waals surface area contributed by atoms with Crippen molar-refractivity contribution in [2.45, 2.75) is 20.0 Å². The molecule has 28 heavy (non-hydrogen) atoms. The monoisotopic (exact) mass is 381 g/mol. The van der Waals surface area contributed by atoms with Crippen molar-refractivity contribution >= 4 is 16.7 Å².